The Morgan fingerprint density at radius 1 is 0.196 bits per heavy atom. The number of aliphatic hydroxyl groups is 12. The molecule has 0 saturated heterocycles. The van der Waals surface area contributed by atoms with Crippen LogP contribution in [0.2, 0.25) is 0 Å². The molecule has 0 amide bonds. The third-order valence-corrected chi connectivity index (χ3v) is 17.2. The fraction of sp³-hybridized carbons (Fsp3) is 1.00. The minimum absolute atomic E-state index is 0.222. The molecular weight excluding hydrogens is 1180 g/mol. The maximum absolute atomic E-state index is 11.9. The quantitative estimate of drug-likeness (QED) is 0.0285. The molecule has 554 valence electrons. The average Bonchev–Trinajstić information content (AvgIpc) is 2.13. The first-order valence-corrected chi connectivity index (χ1v) is 35.4. The summed E-state index contributed by atoms with van der Waals surface area (Å²) in [7, 11) is 0. The van der Waals surface area contributed by atoms with Gasteiger partial charge in [-0.3, -0.25) is 29.4 Å². The largest absolute Gasteiger partial charge is 0.392 e. The highest BCUT2D eigenvalue weighted by Crippen LogP contribution is 2.20. The van der Waals surface area contributed by atoms with Crippen LogP contribution in [0.5, 0.6) is 0 Å². The molecule has 23 unspecified atom stereocenters. The molecule has 92 heavy (non-hydrogen) atoms. The van der Waals surface area contributed by atoms with Crippen molar-refractivity contribution in [2.45, 2.75) is 332 Å². The summed E-state index contributed by atoms with van der Waals surface area (Å²) in [6.07, 6.45) is -2.41. The van der Waals surface area contributed by atoms with Crippen LogP contribution in [0.3, 0.4) is 0 Å². The second-order valence-electron chi connectivity index (χ2n) is 29.6. The minimum Gasteiger partial charge on any atom is -0.392 e. The van der Waals surface area contributed by atoms with Gasteiger partial charge in [-0.15, -0.1) is 0 Å². The first-order chi connectivity index (χ1) is 42.7. The van der Waals surface area contributed by atoms with Crippen molar-refractivity contribution in [1.29, 1.82) is 0 Å². The molecule has 0 aliphatic rings. The van der Waals surface area contributed by atoms with E-state index >= 15 is 0 Å². The highest BCUT2D eigenvalue weighted by molar-refractivity contribution is 4.86. The Morgan fingerprint density at radius 2 is 0.326 bits per heavy atom. The molecule has 24 atom stereocenters. The Balaban J connectivity index is 6.93. The molecule has 0 saturated carbocycles. The van der Waals surface area contributed by atoms with E-state index in [-0.39, 0.29) is 151 Å². The Labute approximate surface area is 557 Å². The van der Waals surface area contributed by atoms with Crippen molar-refractivity contribution >= 4 is 0 Å². The summed E-state index contributed by atoms with van der Waals surface area (Å²) in [4.78, 5) is 12.0. The fourth-order valence-corrected chi connectivity index (χ4v) is 13.1. The zero-order valence-electron chi connectivity index (χ0n) is 59.7. The molecule has 28 N–H and O–H groups in total. The first-order valence-electron chi connectivity index (χ1n) is 35.4. The van der Waals surface area contributed by atoms with E-state index in [0.29, 0.717) is 103 Å². The molecule has 0 aromatic carbocycles. The number of hydrogen-bond acceptors (Lipinski definition) is 26. The molecule has 0 aromatic rings. The highest BCUT2D eigenvalue weighted by atomic mass is 16.3. The van der Waals surface area contributed by atoms with Crippen LogP contribution in [0.1, 0.15) is 186 Å². The Kier molecular flexibility index (Phi) is 49.7. The summed E-state index contributed by atoms with van der Waals surface area (Å²) >= 11 is 0. The molecule has 0 fully saturated rings. The molecular formula is C66H148N14O12. The number of rotatable bonds is 59. The number of nitrogens with two attached hydrogens (primary N) is 8. The van der Waals surface area contributed by atoms with Gasteiger partial charge in [0.05, 0.1) is 73.2 Å². The van der Waals surface area contributed by atoms with Crippen molar-refractivity contribution in [3.05, 3.63) is 0 Å². The smallest absolute Gasteiger partial charge is 0.0681 e. The Hall–Kier alpha value is -1.04. The molecule has 26 heteroatoms. The lowest BCUT2D eigenvalue weighted by molar-refractivity contribution is 0.00540. The van der Waals surface area contributed by atoms with Gasteiger partial charge in [0.2, 0.25) is 0 Å². The topological polar surface area (TPSA) is 470 Å². The van der Waals surface area contributed by atoms with E-state index in [1.807, 2.05) is 103 Å². The van der Waals surface area contributed by atoms with Crippen LogP contribution in [-0.4, -0.2) is 328 Å². The van der Waals surface area contributed by atoms with Crippen molar-refractivity contribution in [2.75, 3.05) is 91.6 Å². The summed E-state index contributed by atoms with van der Waals surface area (Å²) in [6.45, 7) is 26.3. The monoisotopic (exact) mass is 1330 g/mol. The zero-order chi connectivity index (χ0) is 70.5. The van der Waals surface area contributed by atoms with Crippen LogP contribution in [-0.2, 0) is 0 Å². The van der Waals surface area contributed by atoms with Gasteiger partial charge in [0.15, 0.2) is 0 Å². The van der Waals surface area contributed by atoms with E-state index < -0.39 is 73.2 Å². The molecule has 0 radical (unpaired) electrons. The molecule has 0 bridgehead atoms. The number of nitrogens with zero attached hydrogens (tertiary/aromatic N) is 6. The van der Waals surface area contributed by atoms with Crippen LogP contribution < -0.4 is 45.9 Å². The van der Waals surface area contributed by atoms with Crippen LogP contribution in [0.15, 0.2) is 0 Å². The summed E-state index contributed by atoms with van der Waals surface area (Å²) in [6, 6.07) is -2.98. The predicted octanol–water partition coefficient (Wildman–Crippen LogP) is -2.30. The maximum atomic E-state index is 11.9. The zero-order valence-corrected chi connectivity index (χ0v) is 59.7. The first kappa shape index (κ1) is 91.0. The van der Waals surface area contributed by atoms with Crippen LogP contribution in [0.25, 0.3) is 0 Å². The molecule has 0 aliphatic heterocycles. The summed E-state index contributed by atoms with van der Waals surface area (Å²) in [5, 5.41) is 136. The van der Waals surface area contributed by atoms with E-state index in [9.17, 15) is 61.3 Å². The van der Waals surface area contributed by atoms with Crippen molar-refractivity contribution in [2.24, 2.45) is 45.9 Å². The number of hydrogen-bond donors (Lipinski definition) is 20. The van der Waals surface area contributed by atoms with E-state index in [1.54, 1.807) is 0 Å². The van der Waals surface area contributed by atoms with Crippen LogP contribution in [0.4, 0.5) is 0 Å². The molecule has 26 nitrogen and oxygen atoms in total. The second kappa shape index (κ2) is 50.3. The SMILES string of the molecule is CC(N)CC(O)CN(CC(O)CC(C)N)C(C)CC(O)CN(CCCCCCN(CC(O)CC(C)N(CC(O)CC(C)N)CC(O)CC(C)N)CC(O)CC(C)N(CC(O)CC(C)N)CC(O)C[C@H](C)N)CC(O)CC(C)N(CC(O)CC(C)N)CC(O)CC(C)N. The third-order valence-electron chi connectivity index (χ3n) is 17.2. The maximum Gasteiger partial charge on any atom is 0.0681 e. The van der Waals surface area contributed by atoms with Gasteiger partial charge in [-0.2, -0.15) is 0 Å². The van der Waals surface area contributed by atoms with Crippen molar-refractivity contribution in [3.8, 4) is 0 Å². The van der Waals surface area contributed by atoms with Crippen LogP contribution in [0, 0.1) is 0 Å². The number of aliphatic hydroxyl groups excluding tert-OH is 12. The molecule has 0 aromatic heterocycles. The number of unbranched alkanes of at least 4 members (excludes halogenated alkanes) is 3. The van der Waals surface area contributed by atoms with E-state index in [2.05, 4.69) is 9.80 Å². The van der Waals surface area contributed by atoms with Gasteiger partial charge in [-0.1, -0.05) is 12.8 Å². The average molecular weight is 1330 g/mol. The fourth-order valence-electron chi connectivity index (χ4n) is 13.1. The Bertz CT molecular complexity index is 1440. The molecule has 0 aliphatic carbocycles. The normalized spacial score (nSPS) is 20.8. The lowest BCUT2D eigenvalue weighted by Gasteiger charge is -2.36. The van der Waals surface area contributed by atoms with Crippen molar-refractivity contribution in [3.63, 3.8) is 0 Å². The van der Waals surface area contributed by atoms with Crippen molar-refractivity contribution < 1.29 is 61.3 Å². The van der Waals surface area contributed by atoms with E-state index in [1.165, 1.54) is 0 Å². The van der Waals surface area contributed by atoms with Gasteiger partial charge in [0.1, 0.15) is 0 Å². The van der Waals surface area contributed by atoms with Gasteiger partial charge < -0.3 is 107 Å². The lowest BCUT2D eigenvalue weighted by atomic mass is 10.0. The minimum atomic E-state index is -0.860. The van der Waals surface area contributed by atoms with Gasteiger partial charge in [-0.05, 0) is 186 Å². The molecule has 0 spiro atoms. The lowest BCUT2D eigenvalue weighted by Crippen LogP contribution is -2.48. The van der Waals surface area contributed by atoms with Gasteiger partial charge >= 0.3 is 0 Å². The van der Waals surface area contributed by atoms with E-state index in [0.717, 1.165) is 12.8 Å². The standard InChI is InChI=1S/C66H148N14O12/c1-43(67)19-55(81)35-77(36-56(82)20-44(2)68)51(9)27-63(89)31-75(32-64(90)28-52(10)78(37-57(83)21-45(3)69)38-58(84)22-46(4)70)17-15-13-14-16-18-76(33-65(91)29-53(11)79(39-59(85)23-47(5)71)40-60(86)24-48(6)72)34-66(92)30-54(12)80(41-61(87)25-49(7)73)42-62(88)26-50(8)74/h43-66,81-92H,13-42,67-74H2,1-12H3/t43-,44?,45?,46?,47?,48?,49?,50?,51?,52?,53?,54?,55?,56?,57?,58?,59?,60?,61?,62?,63?,64?,65?,66?/m0/s1. The summed E-state index contributed by atoms with van der Waals surface area (Å²) < 4.78 is 0. The predicted molar refractivity (Wildman–Crippen MR) is 372 cm³/mol. The molecule has 0 heterocycles. The van der Waals surface area contributed by atoms with Gasteiger partial charge in [0, 0.05) is 151 Å². The Morgan fingerprint density at radius 3 is 0.457 bits per heavy atom. The third kappa shape index (κ3) is 47.8. The van der Waals surface area contributed by atoms with Crippen LogP contribution >= 0.6 is 0 Å². The van der Waals surface area contributed by atoms with E-state index in [4.69, 9.17) is 45.9 Å². The second-order valence-corrected chi connectivity index (χ2v) is 29.6. The van der Waals surface area contributed by atoms with Crippen molar-refractivity contribution in [1.82, 2.24) is 29.4 Å². The highest BCUT2D eigenvalue weighted by Gasteiger charge is 2.31. The molecule has 0 rings (SSSR count). The van der Waals surface area contributed by atoms with Gasteiger partial charge in [0.25, 0.3) is 0 Å². The van der Waals surface area contributed by atoms with Gasteiger partial charge in [-0.25, -0.2) is 0 Å². The summed E-state index contributed by atoms with van der Waals surface area (Å²) in [5.74, 6) is 0. The summed E-state index contributed by atoms with van der Waals surface area (Å²) in [5.41, 5.74) is 48.4.